The van der Waals surface area contributed by atoms with E-state index in [4.69, 9.17) is 47.4 Å². The summed E-state index contributed by atoms with van der Waals surface area (Å²) in [5, 5.41) is 12.2. The molecule has 63 heavy (non-hydrogen) atoms. The van der Waals surface area contributed by atoms with E-state index in [1.165, 1.54) is 21.0 Å². The molecule has 2 fully saturated rings. The van der Waals surface area contributed by atoms with Crippen molar-refractivity contribution in [2.24, 2.45) is 11.8 Å². The Kier molecular flexibility index (Phi) is 21.3. The number of ether oxygens (including phenoxy) is 10. The Balaban J connectivity index is 2.09. The number of carbonyl (C=O) groups is 6. The molecule has 0 aliphatic carbocycles. The Bertz CT molecular complexity index is 1590. The summed E-state index contributed by atoms with van der Waals surface area (Å²) in [5.74, 6) is -4.06. The van der Waals surface area contributed by atoms with Crippen LogP contribution in [0, 0.1) is 11.8 Å². The molecule has 0 amide bonds. The summed E-state index contributed by atoms with van der Waals surface area (Å²) < 4.78 is 60.7. The molecular formula is C45H71NO17. The predicted octanol–water partition coefficient (Wildman–Crippen LogP) is 3.91. The molecule has 3 aliphatic heterocycles. The van der Waals surface area contributed by atoms with Crippen LogP contribution >= 0.6 is 0 Å². The van der Waals surface area contributed by atoms with Gasteiger partial charge in [-0.3, -0.25) is 24.0 Å². The average Bonchev–Trinajstić information content (AvgIpc) is 3.18. The lowest BCUT2D eigenvalue weighted by Gasteiger charge is -2.50. The quantitative estimate of drug-likeness (QED) is 0.148. The number of nitrogens with zero attached hydrogens (tertiary/aromatic N) is 1. The molecule has 1 unspecified atom stereocenters. The number of aliphatic hydroxyl groups excluding tert-OH is 1. The van der Waals surface area contributed by atoms with Gasteiger partial charge in [0.05, 0.1) is 30.8 Å². The number of allylic oxidation sites excluding steroid dienone is 2. The number of rotatable bonds is 14. The summed E-state index contributed by atoms with van der Waals surface area (Å²) in [7, 11) is 4.82. The van der Waals surface area contributed by atoms with Crippen LogP contribution in [0.3, 0.4) is 0 Å². The minimum Gasteiger partial charge on any atom is -0.462 e. The minimum absolute atomic E-state index is 0.0260. The van der Waals surface area contributed by atoms with Crippen LogP contribution in [0.15, 0.2) is 24.3 Å². The van der Waals surface area contributed by atoms with Crippen molar-refractivity contribution in [1.29, 1.82) is 0 Å². The standard InChI is InChI=1S/C45H71NO17/c1-13-34(50)59-33-23-36(52)55-26(4)18-16-15-17-19-32(58-29(7)48)25(3)22-31(20-21-47)41(42(33)54-12)62-44-39(53)38(46(10)11)40(27(5)57-44)61-37-24-45(9,63-30(8)49)43(28(6)56-37)60-35(51)14-2/h15-17,19,21,25-28,31-33,37-44,53H,13-14,18,20,22-24H2,1-12H3/t25-,26-,27-,28+,31+,32+,33-,37+,38-,39-,40-,41?,42+,43+,44+,45-/m1/s1. The number of hydrogen-bond acceptors (Lipinski definition) is 18. The van der Waals surface area contributed by atoms with Crippen LogP contribution in [0.1, 0.15) is 107 Å². The fourth-order valence-electron chi connectivity index (χ4n) is 8.57. The van der Waals surface area contributed by atoms with Crippen molar-refractivity contribution < 1.29 is 81.2 Å². The zero-order valence-corrected chi connectivity index (χ0v) is 38.9. The van der Waals surface area contributed by atoms with E-state index in [1.54, 1.807) is 84.8 Å². The zero-order chi connectivity index (χ0) is 47.2. The van der Waals surface area contributed by atoms with Crippen molar-refractivity contribution in [3.05, 3.63) is 24.3 Å². The van der Waals surface area contributed by atoms with Crippen LogP contribution in [0.2, 0.25) is 0 Å². The molecule has 3 rings (SSSR count). The molecule has 1 N–H and O–H groups in total. The summed E-state index contributed by atoms with van der Waals surface area (Å²) in [6.45, 7) is 14.4. The molecule has 0 saturated carbocycles. The summed E-state index contributed by atoms with van der Waals surface area (Å²) in [6, 6.07) is -0.833. The first-order chi connectivity index (χ1) is 29.7. The highest BCUT2D eigenvalue weighted by atomic mass is 16.7. The number of aliphatic hydroxyl groups is 1. The largest absolute Gasteiger partial charge is 0.462 e. The van der Waals surface area contributed by atoms with Gasteiger partial charge in [0.15, 0.2) is 24.3 Å². The molecule has 3 heterocycles. The highest BCUT2D eigenvalue weighted by Crippen LogP contribution is 2.39. The lowest BCUT2D eigenvalue weighted by Crippen LogP contribution is -2.66. The van der Waals surface area contributed by atoms with E-state index in [2.05, 4.69) is 0 Å². The van der Waals surface area contributed by atoms with Gasteiger partial charge in [-0.1, -0.05) is 39.0 Å². The van der Waals surface area contributed by atoms with Gasteiger partial charge in [0.25, 0.3) is 0 Å². The molecule has 2 saturated heterocycles. The van der Waals surface area contributed by atoms with E-state index in [0.29, 0.717) is 12.7 Å². The van der Waals surface area contributed by atoms with Crippen molar-refractivity contribution in [2.75, 3.05) is 21.2 Å². The number of aldehydes is 1. The van der Waals surface area contributed by atoms with Crippen molar-refractivity contribution in [3.8, 4) is 0 Å². The smallest absolute Gasteiger partial charge is 0.309 e. The number of esters is 5. The van der Waals surface area contributed by atoms with Crippen molar-refractivity contribution in [2.45, 2.75) is 193 Å². The number of cyclic esters (lactones) is 1. The topological polar surface area (TPSA) is 218 Å². The second-order valence-corrected chi connectivity index (χ2v) is 17.1. The lowest BCUT2D eigenvalue weighted by atomic mass is 9.82. The maximum Gasteiger partial charge on any atom is 0.309 e. The summed E-state index contributed by atoms with van der Waals surface area (Å²) in [5.41, 5.74) is -1.33. The van der Waals surface area contributed by atoms with E-state index in [1.807, 2.05) is 6.92 Å². The fourth-order valence-corrected chi connectivity index (χ4v) is 8.57. The van der Waals surface area contributed by atoms with E-state index in [9.17, 15) is 33.9 Å². The van der Waals surface area contributed by atoms with Gasteiger partial charge in [-0.15, -0.1) is 0 Å². The van der Waals surface area contributed by atoms with Crippen molar-refractivity contribution >= 4 is 36.1 Å². The third kappa shape index (κ3) is 15.4. The molecule has 3 aliphatic rings. The third-order valence-corrected chi connectivity index (χ3v) is 11.5. The Morgan fingerprint density at radius 1 is 0.905 bits per heavy atom. The minimum atomic E-state index is -1.45. The Morgan fingerprint density at radius 3 is 2.16 bits per heavy atom. The maximum atomic E-state index is 13.4. The normalized spacial score (nSPS) is 37.0. The monoisotopic (exact) mass is 897 g/mol. The molecular weight excluding hydrogens is 826 g/mol. The van der Waals surface area contributed by atoms with Crippen molar-refractivity contribution in [1.82, 2.24) is 4.90 Å². The SMILES string of the molecule is CCC(=O)O[C@@H]1CC(=O)O[C@H](C)CC=CC=C[C@H](OC(C)=O)[C@H](C)C[C@H](CC=O)C(O[C@@H]2O[C@H](C)[C@@H](O[C@H]3C[C@@](C)(OC(C)=O)[C@@H](OC(=O)CC)[C@H](C)O3)[C@H](N(C)C)[C@H]2O)[C@H]1OC. The van der Waals surface area contributed by atoms with Crippen LogP contribution in [0.5, 0.6) is 0 Å². The van der Waals surface area contributed by atoms with Crippen LogP contribution < -0.4 is 0 Å². The molecule has 18 nitrogen and oxygen atoms in total. The van der Waals surface area contributed by atoms with Gasteiger partial charge in [0.1, 0.15) is 42.9 Å². The third-order valence-electron chi connectivity index (χ3n) is 11.5. The highest BCUT2D eigenvalue weighted by molar-refractivity contribution is 5.73. The molecule has 0 radical (unpaired) electrons. The Hall–Kier alpha value is -3.78. The molecule has 16 atom stereocenters. The molecule has 0 spiro atoms. The average molecular weight is 898 g/mol. The molecule has 18 heteroatoms. The number of likely N-dealkylation sites (N-methyl/N-ethyl adjacent to an activating group) is 1. The summed E-state index contributed by atoms with van der Waals surface area (Å²) in [4.78, 5) is 77.6. The number of hydrogen-bond donors (Lipinski definition) is 1. The van der Waals surface area contributed by atoms with Gasteiger partial charge < -0.3 is 62.2 Å². The van der Waals surface area contributed by atoms with E-state index in [0.717, 1.165) is 0 Å². The first-order valence-electron chi connectivity index (χ1n) is 21.9. The fraction of sp³-hybridized carbons (Fsp3) is 0.778. The van der Waals surface area contributed by atoms with Crippen LogP contribution in [-0.2, 0) is 76.1 Å². The van der Waals surface area contributed by atoms with Crippen LogP contribution in [0.25, 0.3) is 0 Å². The van der Waals surface area contributed by atoms with Gasteiger partial charge in [-0.05, 0) is 66.1 Å². The Labute approximate surface area is 371 Å². The lowest BCUT2D eigenvalue weighted by molar-refractivity contribution is -0.344. The molecule has 0 aromatic carbocycles. The van der Waals surface area contributed by atoms with Gasteiger partial charge in [0.2, 0.25) is 0 Å². The first-order valence-corrected chi connectivity index (χ1v) is 21.9. The molecule has 358 valence electrons. The van der Waals surface area contributed by atoms with E-state index in [-0.39, 0.29) is 32.1 Å². The highest BCUT2D eigenvalue weighted by Gasteiger charge is 2.54. The van der Waals surface area contributed by atoms with E-state index < -0.39 is 133 Å². The van der Waals surface area contributed by atoms with Crippen LogP contribution in [0.4, 0.5) is 0 Å². The molecule has 0 bridgehead atoms. The van der Waals surface area contributed by atoms with Gasteiger partial charge in [-0.25, -0.2) is 0 Å². The van der Waals surface area contributed by atoms with Gasteiger partial charge in [0, 0.05) is 53.1 Å². The maximum absolute atomic E-state index is 13.4. The van der Waals surface area contributed by atoms with Crippen LogP contribution in [-0.4, -0.2) is 153 Å². The summed E-state index contributed by atoms with van der Waals surface area (Å²) in [6.07, 6.45) is -4.48. The summed E-state index contributed by atoms with van der Waals surface area (Å²) >= 11 is 0. The zero-order valence-electron chi connectivity index (χ0n) is 38.9. The number of methoxy groups -OCH3 is 1. The van der Waals surface area contributed by atoms with Crippen molar-refractivity contribution in [3.63, 3.8) is 0 Å². The molecule has 0 aromatic rings. The second-order valence-electron chi connectivity index (χ2n) is 17.1. The van der Waals surface area contributed by atoms with Gasteiger partial charge >= 0.3 is 29.8 Å². The van der Waals surface area contributed by atoms with E-state index >= 15 is 0 Å². The first kappa shape index (κ1) is 53.6. The Morgan fingerprint density at radius 2 is 1.57 bits per heavy atom. The predicted molar refractivity (Wildman–Crippen MR) is 224 cm³/mol. The van der Waals surface area contributed by atoms with Gasteiger partial charge in [-0.2, -0.15) is 0 Å². The second kappa shape index (κ2) is 25.1. The number of carbonyl (C=O) groups excluding carboxylic acids is 6. The molecule has 0 aromatic heterocycles.